The van der Waals surface area contributed by atoms with Gasteiger partial charge in [0.15, 0.2) is 0 Å². The molecule has 0 bridgehead atoms. The summed E-state index contributed by atoms with van der Waals surface area (Å²) in [5.41, 5.74) is 5.24. The SMILES string of the molecule is CC(C)C(NC(=O)N1CCCC(C(N)=O)C1)C(=O)O. The van der Waals surface area contributed by atoms with Crippen molar-refractivity contribution in [2.45, 2.75) is 32.7 Å². The molecule has 108 valence electrons. The van der Waals surface area contributed by atoms with Crippen molar-refractivity contribution in [3.05, 3.63) is 0 Å². The van der Waals surface area contributed by atoms with Crippen molar-refractivity contribution in [2.75, 3.05) is 13.1 Å². The molecule has 1 heterocycles. The summed E-state index contributed by atoms with van der Waals surface area (Å²) < 4.78 is 0. The van der Waals surface area contributed by atoms with Gasteiger partial charge in [-0.3, -0.25) is 4.79 Å². The predicted molar refractivity (Wildman–Crippen MR) is 68.3 cm³/mol. The molecule has 0 radical (unpaired) electrons. The number of carbonyl (C=O) groups is 3. The molecule has 7 nitrogen and oxygen atoms in total. The maximum absolute atomic E-state index is 12.0. The molecule has 1 aliphatic rings. The Morgan fingerprint density at radius 3 is 2.47 bits per heavy atom. The lowest BCUT2D eigenvalue weighted by atomic mass is 9.98. The fourth-order valence-corrected chi connectivity index (χ4v) is 2.13. The second-order valence-electron chi connectivity index (χ2n) is 5.20. The molecule has 0 aromatic carbocycles. The third-order valence-corrected chi connectivity index (χ3v) is 3.32. The Morgan fingerprint density at radius 2 is 2.00 bits per heavy atom. The van der Waals surface area contributed by atoms with Gasteiger partial charge in [-0.15, -0.1) is 0 Å². The van der Waals surface area contributed by atoms with Crippen LogP contribution in [-0.4, -0.2) is 47.0 Å². The molecule has 3 amide bonds. The average molecular weight is 271 g/mol. The topological polar surface area (TPSA) is 113 Å². The molecule has 2 unspecified atom stereocenters. The first-order chi connectivity index (χ1) is 8.82. The molecule has 1 rings (SSSR count). The van der Waals surface area contributed by atoms with Crippen LogP contribution in [0.3, 0.4) is 0 Å². The van der Waals surface area contributed by atoms with E-state index >= 15 is 0 Å². The fraction of sp³-hybridized carbons (Fsp3) is 0.750. The molecule has 0 aliphatic carbocycles. The molecule has 0 aromatic rings. The number of likely N-dealkylation sites (tertiary alicyclic amines) is 1. The molecule has 19 heavy (non-hydrogen) atoms. The van der Waals surface area contributed by atoms with Crippen molar-refractivity contribution in [2.24, 2.45) is 17.6 Å². The van der Waals surface area contributed by atoms with Gasteiger partial charge >= 0.3 is 12.0 Å². The number of aliphatic carboxylic acids is 1. The lowest BCUT2D eigenvalue weighted by molar-refractivity contribution is -0.140. The number of nitrogens with one attached hydrogen (secondary N) is 1. The van der Waals surface area contributed by atoms with Crippen LogP contribution in [0.25, 0.3) is 0 Å². The maximum Gasteiger partial charge on any atom is 0.326 e. The van der Waals surface area contributed by atoms with E-state index in [1.807, 2.05) is 0 Å². The van der Waals surface area contributed by atoms with Gasteiger partial charge in [0, 0.05) is 13.1 Å². The summed E-state index contributed by atoms with van der Waals surface area (Å²) in [5.74, 6) is -2.04. The van der Waals surface area contributed by atoms with E-state index in [9.17, 15) is 14.4 Å². The molecule has 0 spiro atoms. The van der Waals surface area contributed by atoms with Gasteiger partial charge in [0.05, 0.1) is 5.92 Å². The van der Waals surface area contributed by atoms with Gasteiger partial charge in [0.2, 0.25) is 5.91 Å². The van der Waals surface area contributed by atoms with Crippen molar-refractivity contribution in [1.82, 2.24) is 10.2 Å². The van der Waals surface area contributed by atoms with Gasteiger partial charge in [-0.2, -0.15) is 0 Å². The van der Waals surface area contributed by atoms with E-state index < -0.39 is 23.9 Å². The van der Waals surface area contributed by atoms with Crippen LogP contribution in [0.15, 0.2) is 0 Å². The number of hydrogen-bond donors (Lipinski definition) is 3. The number of amides is 3. The minimum atomic E-state index is -1.06. The van der Waals surface area contributed by atoms with Gasteiger partial charge in [-0.25, -0.2) is 9.59 Å². The molecule has 1 saturated heterocycles. The van der Waals surface area contributed by atoms with Crippen LogP contribution in [0.1, 0.15) is 26.7 Å². The monoisotopic (exact) mass is 271 g/mol. The zero-order valence-corrected chi connectivity index (χ0v) is 11.3. The third-order valence-electron chi connectivity index (χ3n) is 3.32. The highest BCUT2D eigenvalue weighted by Crippen LogP contribution is 2.16. The standard InChI is InChI=1S/C12H21N3O4/c1-7(2)9(11(17)18)14-12(19)15-5-3-4-8(6-15)10(13)16/h7-9H,3-6H2,1-2H3,(H2,13,16)(H,14,19)(H,17,18). The quantitative estimate of drug-likeness (QED) is 0.668. The van der Waals surface area contributed by atoms with Crippen molar-refractivity contribution in [3.63, 3.8) is 0 Å². The van der Waals surface area contributed by atoms with Crippen LogP contribution in [-0.2, 0) is 9.59 Å². The van der Waals surface area contributed by atoms with E-state index in [-0.39, 0.29) is 18.4 Å². The maximum atomic E-state index is 12.0. The predicted octanol–water partition coefficient (Wildman–Crippen LogP) is 0.00250. The first-order valence-corrected chi connectivity index (χ1v) is 6.40. The Balaban J connectivity index is 2.62. The van der Waals surface area contributed by atoms with Gasteiger partial charge in [0.25, 0.3) is 0 Å². The van der Waals surface area contributed by atoms with E-state index in [4.69, 9.17) is 10.8 Å². The van der Waals surface area contributed by atoms with Crippen LogP contribution in [0.4, 0.5) is 4.79 Å². The first kappa shape index (κ1) is 15.3. The summed E-state index contributed by atoms with van der Waals surface area (Å²) in [4.78, 5) is 35.6. The Morgan fingerprint density at radius 1 is 1.37 bits per heavy atom. The molecule has 4 N–H and O–H groups in total. The number of nitrogens with two attached hydrogens (primary N) is 1. The normalized spacial score (nSPS) is 21.0. The summed E-state index contributed by atoms with van der Waals surface area (Å²) in [7, 11) is 0. The van der Waals surface area contributed by atoms with Crippen molar-refractivity contribution >= 4 is 17.9 Å². The number of nitrogens with zero attached hydrogens (tertiary/aromatic N) is 1. The highest BCUT2D eigenvalue weighted by Gasteiger charge is 2.30. The van der Waals surface area contributed by atoms with E-state index in [0.717, 1.165) is 0 Å². The number of piperidine rings is 1. The summed E-state index contributed by atoms with van der Waals surface area (Å²) in [6.45, 7) is 4.22. The number of hydrogen-bond acceptors (Lipinski definition) is 3. The number of primary amides is 1. The smallest absolute Gasteiger partial charge is 0.326 e. The Bertz CT molecular complexity index is 370. The number of carbonyl (C=O) groups excluding carboxylic acids is 2. The number of carboxylic acids is 1. The van der Waals surface area contributed by atoms with Crippen molar-refractivity contribution in [1.29, 1.82) is 0 Å². The van der Waals surface area contributed by atoms with E-state index in [1.165, 1.54) is 4.90 Å². The second kappa shape index (κ2) is 6.40. The van der Waals surface area contributed by atoms with Crippen LogP contribution in [0.2, 0.25) is 0 Å². The number of carboxylic acid groups (broad SMARTS) is 1. The van der Waals surface area contributed by atoms with Crippen molar-refractivity contribution in [3.8, 4) is 0 Å². The third kappa shape index (κ3) is 4.11. The molecule has 7 heteroatoms. The Kier molecular flexibility index (Phi) is 5.14. The highest BCUT2D eigenvalue weighted by atomic mass is 16.4. The van der Waals surface area contributed by atoms with E-state index in [2.05, 4.69) is 5.32 Å². The molecule has 1 aliphatic heterocycles. The zero-order valence-electron chi connectivity index (χ0n) is 11.3. The summed E-state index contributed by atoms with van der Waals surface area (Å²) in [5, 5.41) is 11.5. The summed E-state index contributed by atoms with van der Waals surface area (Å²) >= 11 is 0. The molecule has 2 atom stereocenters. The Hall–Kier alpha value is -1.79. The van der Waals surface area contributed by atoms with Gasteiger partial charge in [0.1, 0.15) is 6.04 Å². The minimum Gasteiger partial charge on any atom is -0.480 e. The van der Waals surface area contributed by atoms with Crippen LogP contribution >= 0.6 is 0 Å². The number of rotatable bonds is 4. The lowest BCUT2D eigenvalue weighted by Gasteiger charge is -2.32. The Labute approximate surface area is 112 Å². The first-order valence-electron chi connectivity index (χ1n) is 6.40. The average Bonchev–Trinajstić information content (AvgIpc) is 2.34. The van der Waals surface area contributed by atoms with E-state index in [0.29, 0.717) is 19.4 Å². The number of urea groups is 1. The van der Waals surface area contributed by atoms with Crippen LogP contribution in [0.5, 0.6) is 0 Å². The molecular formula is C12H21N3O4. The van der Waals surface area contributed by atoms with Gasteiger partial charge in [-0.1, -0.05) is 13.8 Å². The van der Waals surface area contributed by atoms with Gasteiger partial charge < -0.3 is 21.1 Å². The largest absolute Gasteiger partial charge is 0.480 e. The van der Waals surface area contributed by atoms with E-state index in [1.54, 1.807) is 13.8 Å². The second-order valence-corrected chi connectivity index (χ2v) is 5.20. The molecule has 0 saturated carbocycles. The highest BCUT2D eigenvalue weighted by molar-refractivity contribution is 5.83. The lowest BCUT2D eigenvalue weighted by Crippen LogP contribution is -2.53. The fourth-order valence-electron chi connectivity index (χ4n) is 2.13. The minimum absolute atomic E-state index is 0.210. The molecular weight excluding hydrogens is 250 g/mol. The van der Waals surface area contributed by atoms with Gasteiger partial charge in [-0.05, 0) is 18.8 Å². The molecule has 1 fully saturated rings. The van der Waals surface area contributed by atoms with Crippen LogP contribution < -0.4 is 11.1 Å². The van der Waals surface area contributed by atoms with Crippen molar-refractivity contribution < 1.29 is 19.5 Å². The molecule has 0 aromatic heterocycles. The summed E-state index contributed by atoms with van der Waals surface area (Å²) in [6, 6.07) is -1.38. The summed E-state index contributed by atoms with van der Waals surface area (Å²) in [6.07, 6.45) is 1.37. The zero-order chi connectivity index (χ0) is 14.6. The van der Waals surface area contributed by atoms with Crippen LogP contribution in [0, 0.1) is 11.8 Å².